The van der Waals surface area contributed by atoms with Crippen molar-refractivity contribution in [3.63, 3.8) is 0 Å². The Morgan fingerprint density at radius 1 is 1.50 bits per heavy atom. The van der Waals surface area contributed by atoms with Crippen LogP contribution in [0.15, 0.2) is 12.0 Å². The van der Waals surface area contributed by atoms with E-state index < -0.39 is 5.92 Å². The summed E-state index contributed by atoms with van der Waals surface area (Å²) in [5.41, 5.74) is 0. The number of methoxy groups -OCH3 is 2. The van der Waals surface area contributed by atoms with Crippen molar-refractivity contribution in [1.29, 1.82) is 0 Å². The van der Waals surface area contributed by atoms with Crippen LogP contribution in [0, 0.1) is 5.92 Å². The molecule has 0 aliphatic heterocycles. The molecule has 0 rings (SSSR count). The third-order valence-electron chi connectivity index (χ3n) is 1.50. The highest BCUT2D eigenvalue weighted by atomic mass is 16.6. The van der Waals surface area contributed by atoms with Gasteiger partial charge in [-0.25, -0.2) is 0 Å². The molecule has 0 aromatic carbocycles. The number of carbonyl (C=O) groups excluding carboxylic acids is 1. The smallest absolute Gasteiger partial charge is 0.312 e. The maximum Gasteiger partial charge on any atom is 0.312 e. The Kier molecular flexibility index (Phi) is 4.92. The van der Waals surface area contributed by atoms with Crippen LogP contribution in [0.1, 0.15) is 13.3 Å². The fraction of sp³-hybridized carbons (Fsp3) is 0.625. The van der Waals surface area contributed by atoms with Gasteiger partial charge in [0.05, 0.1) is 20.1 Å². The van der Waals surface area contributed by atoms with E-state index in [1.807, 2.05) is 6.92 Å². The van der Waals surface area contributed by atoms with Crippen LogP contribution in [0.25, 0.3) is 0 Å². The molecular formula is C8H14O4. The lowest BCUT2D eigenvalue weighted by Crippen LogP contribution is -2.13. The number of rotatable bonds is 4. The molecule has 0 amide bonds. The van der Waals surface area contributed by atoms with Gasteiger partial charge in [0, 0.05) is 6.08 Å². The molecule has 1 atom stereocenters. The Morgan fingerprint density at radius 3 is 2.42 bits per heavy atom. The van der Waals surface area contributed by atoms with Gasteiger partial charge in [-0.1, -0.05) is 6.92 Å². The number of hydrogen-bond acceptors (Lipinski definition) is 4. The van der Waals surface area contributed by atoms with Crippen molar-refractivity contribution in [2.45, 2.75) is 13.3 Å². The molecule has 0 radical (unpaired) electrons. The molecule has 0 saturated carbocycles. The number of hydrogen-bond donors (Lipinski definition) is 1. The molecule has 70 valence electrons. The van der Waals surface area contributed by atoms with Crippen LogP contribution in [0.2, 0.25) is 0 Å². The molecule has 4 heteroatoms. The third-order valence-corrected chi connectivity index (χ3v) is 1.50. The number of aliphatic hydroxyl groups is 1. The lowest BCUT2D eigenvalue weighted by atomic mass is 10.1. The van der Waals surface area contributed by atoms with Gasteiger partial charge < -0.3 is 14.6 Å². The predicted octanol–water partition coefficient (Wildman–Crippen LogP) is 1.23. The summed E-state index contributed by atoms with van der Waals surface area (Å²) in [6, 6.07) is 0. The largest absolute Gasteiger partial charge is 0.481 e. The molecule has 1 unspecified atom stereocenters. The minimum absolute atomic E-state index is 0.257. The van der Waals surface area contributed by atoms with E-state index in [1.165, 1.54) is 20.3 Å². The number of esters is 1. The Labute approximate surface area is 71.8 Å². The molecule has 0 bridgehead atoms. The van der Waals surface area contributed by atoms with Gasteiger partial charge >= 0.3 is 5.97 Å². The highest BCUT2D eigenvalue weighted by molar-refractivity contribution is 5.74. The number of ether oxygens (including phenoxy) is 2. The molecule has 0 saturated heterocycles. The maximum absolute atomic E-state index is 11.0. The summed E-state index contributed by atoms with van der Waals surface area (Å²) in [4.78, 5) is 11.0. The third kappa shape index (κ3) is 3.27. The van der Waals surface area contributed by atoms with Crippen LogP contribution in [0.5, 0.6) is 0 Å². The standard InChI is InChI=1S/C8H14O4/c1-4-6(8(10)12-3)5-7(9)11-2/h5-6,9H,4H2,1-3H3/b7-5-. The Bertz CT molecular complexity index is 174. The van der Waals surface area contributed by atoms with Gasteiger partial charge in [0.2, 0.25) is 0 Å². The van der Waals surface area contributed by atoms with Crippen molar-refractivity contribution in [2.24, 2.45) is 5.92 Å². The molecule has 1 N–H and O–H groups in total. The summed E-state index contributed by atoms with van der Waals surface area (Å²) in [5.74, 6) is -1.07. The first-order valence-corrected chi connectivity index (χ1v) is 3.68. The van der Waals surface area contributed by atoms with E-state index in [0.29, 0.717) is 6.42 Å². The average Bonchev–Trinajstić information content (AvgIpc) is 2.12. The minimum atomic E-state index is -0.435. The van der Waals surface area contributed by atoms with Gasteiger partial charge in [-0.15, -0.1) is 0 Å². The van der Waals surface area contributed by atoms with Crippen LogP contribution >= 0.6 is 0 Å². The second-order valence-corrected chi connectivity index (χ2v) is 2.25. The topological polar surface area (TPSA) is 55.8 Å². The second-order valence-electron chi connectivity index (χ2n) is 2.25. The van der Waals surface area contributed by atoms with Crippen LogP contribution < -0.4 is 0 Å². The van der Waals surface area contributed by atoms with E-state index in [1.54, 1.807) is 0 Å². The minimum Gasteiger partial charge on any atom is -0.481 e. The molecule has 0 heterocycles. The highest BCUT2D eigenvalue weighted by Gasteiger charge is 2.15. The molecule has 4 nitrogen and oxygen atoms in total. The lowest BCUT2D eigenvalue weighted by molar-refractivity contribution is -0.144. The lowest BCUT2D eigenvalue weighted by Gasteiger charge is -2.07. The normalized spacial score (nSPS) is 13.8. The summed E-state index contributed by atoms with van der Waals surface area (Å²) >= 11 is 0. The van der Waals surface area contributed by atoms with Crippen LogP contribution in [0.3, 0.4) is 0 Å². The van der Waals surface area contributed by atoms with Gasteiger partial charge in [-0.3, -0.25) is 4.79 Å². The molecule has 0 aromatic heterocycles. The predicted molar refractivity (Wildman–Crippen MR) is 43.5 cm³/mol. The van der Waals surface area contributed by atoms with Crippen LogP contribution in [-0.4, -0.2) is 25.3 Å². The van der Waals surface area contributed by atoms with Gasteiger partial charge in [-0.2, -0.15) is 0 Å². The molecule has 0 fully saturated rings. The van der Waals surface area contributed by atoms with Crippen molar-refractivity contribution in [3.8, 4) is 0 Å². The summed E-state index contributed by atoms with van der Waals surface area (Å²) < 4.78 is 8.98. The Balaban J connectivity index is 4.26. The zero-order chi connectivity index (χ0) is 9.56. The van der Waals surface area contributed by atoms with Crippen molar-refractivity contribution in [1.82, 2.24) is 0 Å². The average molecular weight is 174 g/mol. The van der Waals surface area contributed by atoms with Crippen molar-refractivity contribution in [3.05, 3.63) is 12.0 Å². The van der Waals surface area contributed by atoms with Crippen molar-refractivity contribution >= 4 is 5.97 Å². The van der Waals surface area contributed by atoms with Crippen LogP contribution in [0.4, 0.5) is 0 Å². The first-order valence-electron chi connectivity index (χ1n) is 3.68. The van der Waals surface area contributed by atoms with E-state index in [9.17, 15) is 4.79 Å². The summed E-state index contributed by atoms with van der Waals surface area (Å²) in [7, 11) is 2.64. The van der Waals surface area contributed by atoms with Crippen molar-refractivity contribution < 1.29 is 19.4 Å². The van der Waals surface area contributed by atoms with Gasteiger partial charge in [0.15, 0.2) is 0 Å². The molecular weight excluding hydrogens is 160 g/mol. The molecule has 12 heavy (non-hydrogen) atoms. The van der Waals surface area contributed by atoms with E-state index >= 15 is 0 Å². The molecule has 0 aliphatic carbocycles. The zero-order valence-electron chi connectivity index (χ0n) is 7.53. The maximum atomic E-state index is 11.0. The van der Waals surface area contributed by atoms with Gasteiger partial charge in [-0.05, 0) is 6.42 Å². The summed E-state index contributed by atoms with van der Waals surface area (Å²) in [5, 5.41) is 8.93. The fourth-order valence-electron chi connectivity index (χ4n) is 0.744. The fourth-order valence-corrected chi connectivity index (χ4v) is 0.744. The quantitative estimate of drug-likeness (QED) is 0.514. The summed E-state index contributed by atoms with van der Waals surface area (Å²) in [6.45, 7) is 1.82. The van der Waals surface area contributed by atoms with E-state index in [2.05, 4.69) is 9.47 Å². The molecule has 0 aliphatic rings. The Morgan fingerprint density at radius 2 is 2.08 bits per heavy atom. The first kappa shape index (κ1) is 10.8. The van der Waals surface area contributed by atoms with Gasteiger partial charge in [0.25, 0.3) is 5.95 Å². The van der Waals surface area contributed by atoms with E-state index in [4.69, 9.17) is 5.11 Å². The van der Waals surface area contributed by atoms with E-state index in [0.717, 1.165) is 0 Å². The second kappa shape index (κ2) is 5.46. The van der Waals surface area contributed by atoms with Crippen LogP contribution in [-0.2, 0) is 14.3 Å². The summed E-state index contributed by atoms with van der Waals surface area (Å²) in [6.07, 6.45) is 1.89. The SMILES string of the molecule is CCC(/C=C(/O)OC)C(=O)OC. The number of aliphatic hydroxyl groups excluding tert-OH is 1. The van der Waals surface area contributed by atoms with E-state index in [-0.39, 0.29) is 11.9 Å². The highest BCUT2D eigenvalue weighted by Crippen LogP contribution is 2.08. The monoisotopic (exact) mass is 174 g/mol. The van der Waals surface area contributed by atoms with Gasteiger partial charge in [0.1, 0.15) is 0 Å². The number of carbonyl (C=O) groups is 1. The van der Waals surface area contributed by atoms with Crippen molar-refractivity contribution in [2.75, 3.05) is 14.2 Å². The molecule has 0 spiro atoms. The molecule has 0 aromatic rings. The Hall–Kier alpha value is -1.19. The zero-order valence-corrected chi connectivity index (χ0v) is 7.53. The first-order chi connectivity index (χ1) is 5.65.